The van der Waals surface area contributed by atoms with Gasteiger partial charge in [0.05, 0.1) is 11.6 Å². The molecule has 21 heavy (non-hydrogen) atoms. The van der Waals surface area contributed by atoms with Gasteiger partial charge in [-0.15, -0.1) is 0 Å². The Kier molecular flexibility index (Phi) is 2.44. The van der Waals surface area contributed by atoms with Crippen LogP contribution in [0, 0.1) is 6.92 Å². The van der Waals surface area contributed by atoms with E-state index in [4.69, 9.17) is 0 Å². The van der Waals surface area contributed by atoms with Gasteiger partial charge in [-0.05, 0) is 31.2 Å². The second-order valence-electron chi connectivity index (χ2n) is 5.11. The van der Waals surface area contributed by atoms with E-state index < -0.39 is 0 Å². The van der Waals surface area contributed by atoms with Crippen LogP contribution in [0.25, 0.3) is 21.9 Å². The van der Waals surface area contributed by atoms with Gasteiger partial charge in [0.25, 0.3) is 0 Å². The third-order valence-corrected chi connectivity index (χ3v) is 3.55. The first-order valence-electron chi connectivity index (χ1n) is 6.70. The minimum Gasteiger partial charge on any atom is -0.359 e. The highest BCUT2D eigenvalue weighted by Gasteiger charge is 2.08. The Balaban J connectivity index is 1.78. The van der Waals surface area contributed by atoms with E-state index >= 15 is 0 Å². The van der Waals surface area contributed by atoms with Crippen molar-refractivity contribution in [1.82, 2.24) is 24.7 Å². The van der Waals surface area contributed by atoms with Crippen molar-refractivity contribution in [1.29, 1.82) is 0 Å². The van der Waals surface area contributed by atoms with Crippen LogP contribution in [0.5, 0.6) is 0 Å². The number of fused-ring (bicyclic) bond motifs is 2. The number of benzene rings is 1. The number of aryl methyl sites for hydroxylation is 2. The molecule has 6 heteroatoms. The molecule has 4 rings (SSSR count). The number of aromatic nitrogens is 5. The van der Waals surface area contributed by atoms with Crippen molar-refractivity contribution in [2.24, 2.45) is 7.05 Å². The van der Waals surface area contributed by atoms with Gasteiger partial charge >= 0.3 is 0 Å². The molecule has 4 aromatic rings. The quantitative estimate of drug-likeness (QED) is 0.591. The molecule has 0 aliphatic carbocycles. The first-order chi connectivity index (χ1) is 10.2. The summed E-state index contributed by atoms with van der Waals surface area (Å²) in [5.41, 5.74) is 4.09. The monoisotopic (exact) mass is 278 g/mol. The second kappa shape index (κ2) is 4.31. The van der Waals surface area contributed by atoms with Gasteiger partial charge < -0.3 is 10.3 Å². The number of H-pyrrole nitrogens is 1. The Morgan fingerprint density at radius 2 is 2.10 bits per heavy atom. The number of hydrogen-bond acceptors (Lipinski definition) is 4. The Morgan fingerprint density at radius 1 is 1.19 bits per heavy atom. The molecule has 104 valence electrons. The van der Waals surface area contributed by atoms with E-state index in [1.165, 1.54) is 5.39 Å². The minimum atomic E-state index is 0.764. The molecule has 0 radical (unpaired) electrons. The lowest BCUT2D eigenvalue weighted by atomic mass is 10.2. The van der Waals surface area contributed by atoms with Gasteiger partial charge in [0.15, 0.2) is 5.65 Å². The maximum absolute atomic E-state index is 4.32. The molecule has 0 aliphatic heterocycles. The number of aromatic amines is 1. The number of nitrogens with zero attached hydrogens (tertiary/aromatic N) is 4. The zero-order valence-electron chi connectivity index (χ0n) is 11.8. The molecule has 0 amide bonds. The van der Waals surface area contributed by atoms with Crippen LogP contribution in [0.2, 0.25) is 0 Å². The summed E-state index contributed by atoms with van der Waals surface area (Å²) in [5, 5.41) is 9.65. The lowest BCUT2D eigenvalue weighted by Crippen LogP contribution is -1.97. The fourth-order valence-electron chi connectivity index (χ4n) is 2.55. The zero-order chi connectivity index (χ0) is 14.4. The lowest BCUT2D eigenvalue weighted by molar-refractivity contribution is 0.785. The molecule has 6 nitrogen and oxygen atoms in total. The molecule has 0 spiro atoms. The molecular weight excluding hydrogens is 264 g/mol. The largest absolute Gasteiger partial charge is 0.359 e. The Bertz CT molecular complexity index is 949. The third kappa shape index (κ3) is 1.92. The highest BCUT2D eigenvalue weighted by Crippen LogP contribution is 2.25. The van der Waals surface area contributed by atoms with Crippen molar-refractivity contribution >= 4 is 33.4 Å². The molecule has 3 aromatic heterocycles. The summed E-state index contributed by atoms with van der Waals surface area (Å²) in [6.45, 7) is 2.05. The zero-order valence-corrected chi connectivity index (χ0v) is 11.8. The first-order valence-corrected chi connectivity index (χ1v) is 6.70. The topological polar surface area (TPSA) is 71.4 Å². The molecule has 0 saturated carbocycles. The Labute approximate surface area is 120 Å². The maximum Gasteiger partial charge on any atom is 0.163 e. The molecule has 0 aliphatic rings. The second-order valence-corrected chi connectivity index (χ2v) is 5.11. The van der Waals surface area contributed by atoms with Gasteiger partial charge in [0, 0.05) is 29.3 Å². The number of nitrogens with one attached hydrogen (secondary N) is 2. The molecule has 0 unspecified atom stereocenters. The van der Waals surface area contributed by atoms with Crippen LogP contribution >= 0.6 is 0 Å². The van der Waals surface area contributed by atoms with E-state index in [1.54, 1.807) is 17.2 Å². The van der Waals surface area contributed by atoms with Crippen molar-refractivity contribution in [2.45, 2.75) is 6.92 Å². The summed E-state index contributed by atoms with van der Waals surface area (Å²) in [6.07, 6.45) is 3.32. The molecule has 3 heterocycles. The molecule has 0 atom stereocenters. The van der Waals surface area contributed by atoms with Gasteiger partial charge in [-0.2, -0.15) is 5.10 Å². The summed E-state index contributed by atoms with van der Waals surface area (Å²) in [4.78, 5) is 11.9. The third-order valence-electron chi connectivity index (χ3n) is 3.55. The van der Waals surface area contributed by atoms with E-state index in [1.807, 2.05) is 13.1 Å². The fourth-order valence-corrected chi connectivity index (χ4v) is 2.55. The number of hydrogen-bond donors (Lipinski definition) is 2. The van der Waals surface area contributed by atoms with Crippen LogP contribution in [0.4, 0.5) is 11.5 Å². The smallest absolute Gasteiger partial charge is 0.163 e. The van der Waals surface area contributed by atoms with E-state index in [0.29, 0.717) is 0 Å². The molecule has 2 N–H and O–H groups in total. The van der Waals surface area contributed by atoms with Crippen molar-refractivity contribution in [3.8, 4) is 0 Å². The van der Waals surface area contributed by atoms with Crippen molar-refractivity contribution in [3.63, 3.8) is 0 Å². The molecule has 0 fully saturated rings. The van der Waals surface area contributed by atoms with Crippen LogP contribution in [0.15, 0.2) is 36.8 Å². The van der Waals surface area contributed by atoms with Crippen molar-refractivity contribution in [3.05, 3.63) is 42.5 Å². The van der Waals surface area contributed by atoms with Gasteiger partial charge in [0.1, 0.15) is 12.1 Å². The van der Waals surface area contributed by atoms with Crippen molar-refractivity contribution < 1.29 is 0 Å². The molecule has 0 bridgehead atoms. The van der Waals surface area contributed by atoms with Crippen LogP contribution in [-0.4, -0.2) is 24.7 Å². The van der Waals surface area contributed by atoms with Crippen LogP contribution < -0.4 is 5.32 Å². The average molecular weight is 278 g/mol. The molecular formula is C15H14N6. The van der Waals surface area contributed by atoms with E-state index in [-0.39, 0.29) is 0 Å². The normalized spacial score (nSPS) is 11.3. The van der Waals surface area contributed by atoms with Gasteiger partial charge in [-0.1, -0.05) is 0 Å². The van der Waals surface area contributed by atoms with Crippen LogP contribution in [0.1, 0.15) is 5.69 Å². The SMILES string of the molecule is Cc1cc2cc(Nc3ncnc4c3cnn4C)ccc2[nH]1. The van der Waals surface area contributed by atoms with E-state index in [0.717, 1.165) is 33.7 Å². The Hall–Kier alpha value is -2.89. The number of rotatable bonds is 2. The standard InChI is InChI=1S/C15H14N6/c1-9-5-10-6-11(3-4-13(10)19-9)20-14-12-7-18-21(2)15(12)17-8-16-14/h3-8,19H,1-2H3,(H,16,17,20). The minimum absolute atomic E-state index is 0.764. The first kappa shape index (κ1) is 11.9. The summed E-state index contributed by atoms with van der Waals surface area (Å²) in [5.74, 6) is 0.764. The summed E-state index contributed by atoms with van der Waals surface area (Å²) >= 11 is 0. The van der Waals surface area contributed by atoms with Gasteiger partial charge in [-0.25, -0.2) is 9.97 Å². The molecule has 0 saturated heterocycles. The molecule has 1 aromatic carbocycles. The number of anilines is 2. The predicted octanol–water partition coefficient (Wildman–Crippen LogP) is 2.90. The van der Waals surface area contributed by atoms with Crippen LogP contribution in [-0.2, 0) is 7.05 Å². The van der Waals surface area contributed by atoms with Gasteiger partial charge in [-0.3, -0.25) is 4.68 Å². The summed E-state index contributed by atoms with van der Waals surface area (Å²) < 4.78 is 1.74. The van der Waals surface area contributed by atoms with Gasteiger partial charge in [0.2, 0.25) is 0 Å². The average Bonchev–Trinajstić information content (AvgIpc) is 3.02. The van der Waals surface area contributed by atoms with E-state index in [2.05, 4.69) is 50.5 Å². The fraction of sp³-hybridized carbons (Fsp3) is 0.133. The van der Waals surface area contributed by atoms with Crippen molar-refractivity contribution in [2.75, 3.05) is 5.32 Å². The maximum atomic E-state index is 4.32. The Morgan fingerprint density at radius 3 is 3.00 bits per heavy atom. The highest BCUT2D eigenvalue weighted by atomic mass is 15.3. The lowest BCUT2D eigenvalue weighted by Gasteiger charge is -2.06. The van der Waals surface area contributed by atoms with E-state index in [9.17, 15) is 0 Å². The summed E-state index contributed by atoms with van der Waals surface area (Å²) in [6, 6.07) is 8.32. The summed E-state index contributed by atoms with van der Waals surface area (Å²) in [7, 11) is 1.87. The highest BCUT2D eigenvalue weighted by molar-refractivity contribution is 5.90. The predicted molar refractivity (Wildman–Crippen MR) is 82.6 cm³/mol. The van der Waals surface area contributed by atoms with Crippen LogP contribution in [0.3, 0.4) is 0 Å².